The van der Waals surface area contributed by atoms with Gasteiger partial charge in [-0.25, -0.2) is 0 Å². The molecule has 0 atom stereocenters. The van der Waals surface area contributed by atoms with Crippen molar-refractivity contribution in [2.24, 2.45) is 0 Å². The predicted molar refractivity (Wildman–Crippen MR) is 249 cm³/mol. The monoisotopic (exact) mass is 2050 g/mol. The molecule has 0 unspecified atom stereocenters. The van der Waals surface area contributed by atoms with E-state index in [-0.39, 0.29) is 379 Å². The Morgan fingerprint density at radius 2 is 0.517 bits per heavy atom. The third kappa shape index (κ3) is 65.3. The average Bonchev–Trinajstić information content (AvgIpc) is 3.45. The summed E-state index contributed by atoms with van der Waals surface area (Å²) in [7, 11) is -6.77. The van der Waals surface area contributed by atoms with Gasteiger partial charge >= 0.3 is 420 Å². The Kier molecular flexibility index (Phi) is 122. The molecule has 346 valence electrons. The van der Waals surface area contributed by atoms with Gasteiger partial charge in [-0.3, -0.25) is 7.32 Å². The maximum atomic E-state index is 8.97. The molecule has 0 bridgehead atoms. The standard InChI is InChI=1S/C12H24B2O4.C7H15BO2.4C2H6.CH5BO2.CH3BO2.BO3.2I3.5Rb.Yb/c1-9(2)10(3,4)16-13(15-9)14-17-11(5,6)12(7,8)18-14;1-6(2)7(3,4)10-8(5)9-6;4*1-2;2*1-2(3)4;2-1(3)4;2*1-3-2;;;;;;/h1-8H3;1-5H3;4*1-2H3;3-4H,1H3;1H3;;;;;;;;;/q;;;;;;;-2;-3;2*-1;5*+1;. The summed E-state index contributed by atoms with van der Waals surface area (Å²) in [5, 5.41) is 58.4. The van der Waals surface area contributed by atoms with Crippen LogP contribution in [0.15, 0.2) is 0 Å². The van der Waals surface area contributed by atoms with E-state index >= 15 is 0 Å². The summed E-state index contributed by atoms with van der Waals surface area (Å²) in [4.78, 5) is 0. The number of halogens is 6. The van der Waals surface area contributed by atoms with Crippen molar-refractivity contribution < 1.29 is 427 Å². The zero-order chi connectivity index (χ0) is 46.1. The van der Waals surface area contributed by atoms with Gasteiger partial charge in [-0.2, -0.15) is 0 Å². The first-order chi connectivity index (χ1) is 24.3. The van der Waals surface area contributed by atoms with Crippen LogP contribution < -0.4 is 343 Å². The van der Waals surface area contributed by atoms with E-state index < -0.39 is 35.6 Å². The molecule has 0 radical (unpaired) electrons. The van der Waals surface area contributed by atoms with E-state index in [9.17, 15) is 0 Å². The summed E-state index contributed by atoms with van der Waals surface area (Å²) in [6.45, 7) is 44.7. The van der Waals surface area contributed by atoms with E-state index in [2.05, 4.69) is 102 Å². The maximum absolute atomic E-state index is 8.97. The number of rotatable bonds is 1. The summed E-state index contributed by atoms with van der Waals surface area (Å²) < 4.78 is 34.9. The molecule has 3 aliphatic heterocycles. The maximum Gasteiger partial charge on any atom is 1.00 e. The quantitative estimate of drug-likeness (QED) is 0.185. The third-order valence-corrected chi connectivity index (χ3v) is 7.14. The molecule has 0 amide bonds. The van der Waals surface area contributed by atoms with Crippen molar-refractivity contribution in [2.45, 2.75) is 193 Å². The molecule has 31 heteroatoms. The second kappa shape index (κ2) is 66.3. The molecule has 3 saturated heterocycles. The third-order valence-electron chi connectivity index (χ3n) is 7.14. The van der Waals surface area contributed by atoms with Gasteiger partial charge in [-0.1, -0.05) is 55.4 Å². The van der Waals surface area contributed by atoms with Gasteiger partial charge in [0.05, 0.1) is 33.6 Å². The molecule has 3 heterocycles. The topological polar surface area (TPSA) is 211 Å². The summed E-state index contributed by atoms with van der Waals surface area (Å²) >= 11 is 10.6. The first-order valence-electron chi connectivity index (χ1n) is 17.7. The first kappa shape index (κ1) is 110. The first-order valence-corrected chi connectivity index (χ1v) is 42.9. The molecular weight excluding hydrogens is 1980 g/mol. The molecule has 0 saturated carbocycles. The normalized spacial score (nSPS) is 16.9. The summed E-state index contributed by atoms with van der Waals surface area (Å²) in [6.07, 6.45) is 0. The fraction of sp³-hybridized carbons (Fsp3) is 1.00. The minimum absolute atomic E-state index is 0. The minimum atomic E-state index is -2.92. The van der Waals surface area contributed by atoms with Gasteiger partial charge in [0.15, 0.2) is 0 Å². The Bertz CT molecular complexity index is 725. The largest absolute Gasteiger partial charge is 1.00 e. The van der Waals surface area contributed by atoms with Crippen LogP contribution in [0.3, 0.4) is 0 Å². The van der Waals surface area contributed by atoms with Crippen LogP contribution in [0.25, 0.3) is 0 Å². The summed E-state index contributed by atoms with van der Waals surface area (Å²) in [5.74, 6) is 0. The Morgan fingerprint density at radius 1 is 0.433 bits per heavy atom. The molecular formula is C29H71B6I6O13Rb5Yb-2. The van der Waals surface area contributed by atoms with Gasteiger partial charge in [0.1, 0.15) is 0 Å². The van der Waals surface area contributed by atoms with Crippen molar-refractivity contribution in [1.29, 1.82) is 0 Å². The molecule has 3 aliphatic rings. The predicted octanol–water partition coefficient (Wildman–Crippen LogP) is -16.4. The van der Waals surface area contributed by atoms with Gasteiger partial charge in [-0.05, 0) is 96.7 Å². The molecule has 0 spiro atoms. The summed E-state index contributed by atoms with van der Waals surface area (Å²) in [6, 6.07) is 0. The van der Waals surface area contributed by atoms with E-state index in [0.29, 0.717) is 26.5 Å². The molecule has 0 aromatic heterocycles. The number of hydrogen-bond acceptors (Lipinski definition) is 13. The number of hydrogen-bond donors (Lipinski definition) is 2. The van der Waals surface area contributed by atoms with Crippen LogP contribution in [0.4, 0.5) is 0 Å². The van der Waals surface area contributed by atoms with E-state index in [1.54, 1.807) is 0 Å². The van der Waals surface area contributed by atoms with Crippen LogP contribution >= 0.6 is 74.5 Å². The van der Waals surface area contributed by atoms with Gasteiger partial charge in [-0.15, -0.1) is 13.9 Å². The second-order valence-electron chi connectivity index (χ2n) is 12.7. The molecule has 3 rings (SSSR count). The molecule has 0 aromatic carbocycles. The van der Waals surface area contributed by atoms with Crippen molar-refractivity contribution in [3.05, 3.63) is 0 Å². The fourth-order valence-electron chi connectivity index (χ4n) is 3.14. The fourth-order valence-corrected chi connectivity index (χ4v) is 3.14. The summed E-state index contributed by atoms with van der Waals surface area (Å²) in [5.41, 5.74) is -1.76. The van der Waals surface area contributed by atoms with Crippen molar-refractivity contribution in [1.82, 2.24) is 0 Å². The Labute approximate surface area is 715 Å². The molecule has 13 nitrogen and oxygen atoms in total. The smallest absolute Gasteiger partial charge is 0.907 e. The SMILES string of the molecule is CB(O)O.CB([O-])[O-].CB1OC(C)(C)C(C)(C)O1.CC.CC.CC.CC.CC1(C)OB(B2OC(C)(C)C(C)(C)O2)OC1(C)C.I[I-]I.I[I-]I.[O-]B([O-])[O-].[Rb+].[Rb+].[Rb+].[Rb+].[Rb+].[Yb]. The second-order valence-corrected chi connectivity index (χ2v) is 45.2. The van der Waals surface area contributed by atoms with Crippen molar-refractivity contribution in [3.8, 4) is 0 Å². The molecule has 0 aliphatic carbocycles. The van der Waals surface area contributed by atoms with Crippen LogP contribution in [0, 0.1) is 46.9 Å². The Balaban J connectivity index is -0.0000000365. The minimum Gasteiger partial charge on any atom is -0.907 e. The Hall–Kier alpha value is 14.8. The van der Waals surface area contributed by atoms with Crippen LogP contribution in [0.2, 0.25) is 20.5 Å². The average molecular weight is 2050 g/mol. The zero-order valence-corrected chi connectivity index (χ0v) is 81.6. The zero-order valence-electron chi connectivity index (χ0n) is 42.4. The van der Waals surface area contributed by atoms with Gasteiger partial charge in [0, 0.05) is 46.9 Å². The van der Waals surface area contributed by atoms with E-state index in [4.69, 9.17) is 63.1 Å². The molecule has 0 aromatic rings. The Morgan fingerprint density at radius 3 is 0.583 bits per heavy atom. The van der Waals surface area contributed by atoms with Gasteiger partial charge in [0.25, 0.3) is 0 Å². The van der Waals surface area contributed by atoms with E-state index in [1.807, 2.05) is 118 Å². The molecule has 3 fully saturated rings. The van der Waals surface area contributed by atoms with Crippen LogP contribution in [-0.4, -0.2) is 86.3 Å². The van der Waals surface area contributed by atoms with Crippen LogP contribution in [-0.2, 0) is 27.9 Å². The molecule has 2 N–H and O–H groups in total. The van der Waals surface area contributed by atoms with Crippen LogP contribution in [0.1, 0.15) is 138 Å². The van der Waals surface area contributed by atoms with E-state index in [0.717, 1.165) is 6.82 Å². The van der Waals surface area contributed by atoms with Gasteiger partial charge in [0.2, 0.25) is 0 Å². The van der Waals surface area contributed by atoms with Crippen molar-refractivity contribution in [3.63, 3.8) is 0 Å². The van der Waals surface area contributed by atoms with Crippen LogP contribution in [0.5, 0.6) is 0 Å². The molecule has 60 heavy (non-hydrogen) atoms. The van der Waals surface area contributed by atoms with Crippen molar-refractivity contribution >= 4 is 117 Å². The van der Waals surface area contributed by atoms with E-state index in [1.165, 1.54) is 6.82 Å². The van der Waals surface area contributed by atoms with Gasteiger partial charge < -0.3 is 63.1 Å². The van der Waals surface area contributed by atoms with Crippen molar-refractivity contribution in [2.75, 3.05) is 0 Å².